The lowest BCUT2D eigenvalue weighted by atomic mass is 10.2. The van der Waals surface area contributed by atoms with Gasteiger partial charge in [0.2, 0.25) is 5.91 Å². The molecular weight excluding hydrogens is 324 g/mol. The molecule has 2 aromatic rings. The summed E-state index contributed by atoms with van der Waals surface area (Å²) in [5.74, 6) is 0.832. The van der Waals surface area contributed by atoms with Crippen LogP contribution in [0.4, 0.5) is 5.69 Å². The second-order valence-electron chi connectivity index (χ2n) is 5.41. The molecule has 4 nitrogen and oxygen atoms in total. The third-order valence-electron chi connectivity index (χ3n) is 3.77. The first-order valence-electron chi connectivity index (χ1n) is 8.03. The Balaban J connectivity index is 1.89. The maximum absolute atomic E-state index is 12.4. The maximum atomic E-state index is 12.4. The molecule has 0 saturated heterocycles. The van der Waals surface area contributed by atoms with E-state index in [2.05, 4.69) is 5.32 Å². The highest BCUT2D eigenvalue weighted by molar-refractivity contribution is 6.30. The van der Waals surface area contributed by atoms with Crippen molar-refractivity contribution in [3.8, 4) is 5.75 Å². The van der Waals surface area contributed by atoms with Crippen LogP contribution in [0.15, 0.2) is 48.5 Å². The standard InChI is InChI=1S/C19H23ClN2O2/c1-3-22(14-15-7-5-4-6-8-15)19(23)11-12-21-17-13-16(20)9-10-18(17)24-2/h4-10,13,21H,3,11-12,14H2,1-2H3. The van der Waals surface area contributed by atoms with Gasteiger partial charge in [-0.15, -0.1) is 0 Å². The van der Waals surface area contributed by atoms with Crippen LogP contribution in [0.3, 0.4) is 0 Å². The van der Waals surface area contributed by atoms with Crippen molar-refractivity contribution in [2.75, 3.05) is 25.5 Å². The summed E-state index contributed by atoms with van der Waals surface area (Å²) in [4.78, 5) is 14.3. The first-order chi connectivity index (χ1) is 11.6. The van der Waals surface area contributed by atoms with Gasteiger partial charge in [0.25, 0.3) is 0 Å². The average Bonchev–Trinajstić information content (AvgIpc) is 2.60. The Morgan fingerprint density at radius 1 is 1.21 bits per heavy atom. The molecule has 0 aromatic heterocycles. The fraction of sp³-hybridized carbons (Fsp3) is 0.316. The predicted molar refractivity (Wildman–Crippen MR) is 98.6 cm³/mol. The van der Waals surface area contributed by atoms with Crippen LogP contribution in [0.1, 0.15) is 18.9 Å². The maximum Gasteiger partial charge on any atom is 0.224 e. The van der Waals surface area contributed by atoms with Crippen LogP contribution in [0.25, 0.3) is 0 Å². The van der Waals surface area contributed by atoms with Gasteiger partial charge in [-0.3, -0.25) is 4.79 Å². The second kappa shape index (κ2) is 9.18. The number of rotatable bonds is 8. The number of ether oxygens (including phenoxy) is 1. The van der Waals surface area contributed by atoms with Crippen molar-refractivity contribution in [1.82, 2.24) is 4.90 Å². The van der Waals surface area contributed by atoms with Crippen LogP contribution in [0.2, 0.25) is 5.02 Å². The van der Waals surface area contributed by atoms with E-state index in [1.807, 2.05) is 42.2 Å². The molecule has 128 valence electrons. The molecule has 0 heterocycles. The minimum atomic E-state index is 0.120. The summed E-state index contributed by atoms with van der Waals surface area (Å²) < 4.78 is 5.29. The zero-order chi connectivity index (χ0) is 17.4. The SMILES string of the molecule is CCN(Cc1ccccc1)C(=O)CCNc1cc(Cl)ccc1OC. The molecule has 1 N–H and O–H groups in total. The van der Waals surface area contributed by atoms with Gasteiger partial charge in [0.1, 0.15) is 5.75 Å². The zero-order valence-electron chi connectivity index (χ0n) is 14.1. The fourth-order valence-electron chi connectivity index (χ4n) is 2.46. The summed E-state index contributed by atoms with van der Waals surface area (Å²) in [5.41, 5.74) is 1.93. The second-order valence-corrected chi connectivity index (χ2v) is 5.85. The molecule has 5 heteroatoms. The van der Waals surface area contributed by atoms with Crippen LogP contribution in [-0.2, 0) is 11.3 Å². The molecule has 0 bridgehead atoms. The molecule has 24 heavy (non-hydrogen) atoms. The van der Waals surface area contributed by atoms with E-state index in [1.165, 1.54) is 0 Å². The molecule has 1 amide bonds. The number of carbonyl (C=O) groups is 1. The van der Waals surface area contributed by atoms with E-state index >= 15 is 0 Å². The Morgan fingerprint density at radius 3 is 2.62 bits per heavy atom. The molecule has 0 radical (unpaired) electrons. The number of nitrogens with one attached hydrogen (secondary N) is 1. The monoisotopic (exact) mass is 346 g/mol. The third kappa shape index (κ3) is 5.17. The average molecular weight is 347 g/mol. The lowest BCUT2D eigenvalue weighted by molar-refractivity contribution is -0.131. The number of carbonyl (C=O) groups excluding carboxylic acids is 1. The molecule has 0 aliphatic carbocycles. The van der Waals surface area contributed by atoms with E-state index in [1.54, 1.807) is 25.3 Å². The van der Waals surface area contributed by atoms with Crippen LogP contribution in [-0.4, -0.2) is 31.0 Å². The van der Waals surface area contributed by atoms with Gasteiger partial charge >= 0.3 is 0 Å². The molecule has 0 aliphatic heterocycles. The number of hydrogen-bond acceptors (Lipinski definition) is 3. The largest absolute Gasteiger partial charge is 0.495 e. The van der Waals surface area contributed by atoms with Crippen molar-refractivity contribution in [1.29, 1.82) is 0 Å². The van der Waals surface area contributed by atoms with Gasteiger partial charge in [-0.1, -0.05) is 41.9 Å². The van der Waals surface area contributed by atoms with E-state index in [0.29, 0.717) is 36.8 Å². The first kappa shape index (κ1) is 18.1. The summed E-state index contributed by atoms with van der Waals surface area (Å²) in [6.45, 7) is 3.85. The summed E-state index contributed by atoms with van der Waals surface area (Å²) in [5, 5.41) is 3.85. The Labute approximate surface area is 148 Å². The lowest BCUT2D eigenvalue weighted by Gasteiger charge is -2.21. The van der Waals surface area contributed by atoms with Crippen molar-refractivity contribution in [2.45, 2.75) is 19.9 Å². The molecule has 0 atom stereocenters. The number of benzene rings is 2. The highest BCUT2D eigenvalue weighted by atomic mass is 35.5. The Bertz CT molecular complexity index is 662. The van der Waals surface area contributed by atoms with Gasteiger partial charge in [-0.2, -0.15) is 0 Å². The van der Waals surface area contributed by atoms with Gasteiger partial charge in [0.15, 0.2) is 0 Å². The number of anilines is 1. The molecule has 0 saturated carbocycles. The summed E-state index contributed by atoms with van der Waals surface area (Å²) in [6.07, 6.45) is 0.413. The van der Waals surface area contributed by atoms with Gasteiger partial charge < -0.3 is 15.0 Å². The zero-order valence-corrected chi connectivity index (χ0v) is 14.8. The van der Waals surface area contributed by atoms with Gasteiger partial charge in [-0.05, 0) is 30.7 Å². The minimum absolute atomic E-state index is 0.120. The summed E-state index contributed by atoms with van der Waals surface area (Å²) >= 11 is 6.01. The number of methoxy groups -OCH3 is 1. The van der Waals surface area contributed by atoms with Crippen LogP contribution in [0, 0.1) is 0 Å². The highest BCUT2D eigenvalue weighted by Crippen LogP contribution is 2.27. The summed E-state index contributed by atoms with van der Waals surface area (Å²) in [6, 6.07) is 15.4. The Hall–Kier alpha value is -2.20. The van der Waals surface area contributed by atoms with Crippen LogP contribution in [0.5, 0.6) is 5.75 Å². The van der Waals surface area contributed by atoms with Gasteiger partial charge in [-0.25, -0.2) is 0 Å². The molecule has 0 unspecified atom stereocenters. The Kier molecular flexibility index (Phi) is 6.94. The van der Waals surface area contributed by atoms with E-state index in [0.717, 1.165) is 11.3 Å². The van der Waals surface area contributed by atoms with Gasteiger partial charge in [0.05, 0.1) is 12.8 Å². The number of nitrogens with zero attached hydrogens (tertiary/aromatic N) is 1. The van der Waals surface area contributed by atoms with E-state index < -0.39 is 0 Å². The molecule has 0 aliphatic rings. The van der Waals surface area contributed by atoms with Crippen molar-refractivity contribution < 1.29 is 9.53 Å². The van der Waals surface area contributed by atoms with Crippen molar-refractivity contribution in [3.63, 3.8) is 0 Å². The van der Waals surface area contributed by atoms with E-state index in [9.17, 15) is 4.79 Å². The normalized spacial score (nSPS) is 10.3. The quantitative estimate of drug-likeness (QED) is 0.778. The highest BCUT2D eigenvalue weighted by Gasteiger charge is 2.12. The topological polar surface area (TPSA) is 41.6 Å². The third-order valence-corrected chi connectivity index (χ3v) is 4.00. The van der Waals surface area contributed by atoms with Crippen molar-refractivity contribution in [3.05, 3.63) is 59.1 Å². The molecule has 2 aromatic carbocycles. The molecule has 0 fully saturated rings. The Morgan fingerprint density at radius 2 is 1.96 bits per heavy atom. The first-order valence-corrected chi connectivity index (χ1v) is 8.41. The van der Waals surface area contributed by atoms with Crippen molar-refractivity contribution in [2.24, 2.45) is 0 Å². The van der Waals surface area contributed by atoms with E-state index in [4.69, 9.17) is 16.3 Å². The van der Waals surface area contributed by atoms with E-state index in [-0.39, 0.29) is 5.91 Å². The lowest BCUT2D eigenvalue weighted by Crippen LogP contribution is -2.31. The summed E-state index contributed by atoms with van der Waals surface area (Å²) in [7, 11) is 1.61. The van der Waals surface area contributed by atoms with Crippen LogP contribution < -0.4 is 10.1 Å². The number of halogens is 1. The van der Waals surface area contributed by atoms with Gasteiger partial charge in [0, 0.05) is 31.1 Å². The minimum Gasteiger partial charge on any atom is -0.495 e. The van der Waals surface area contributed by atoms with Crippen molar-refractivity contribution >= 4 is 23.2 Å². The predicted octanol–water partition coefficient (Wildman–Crippen LogP) is 4.20. The number of hydrogen-bond donors (Lipinski definition) is 1. The van der Waals surface area contributed by atoms with Crippen LogP contribution >= 0.6 is 11.6 Å². The molecule has 0 spiro atoms. The fourth-order valence-corrected chi connectivity index (χ4v) is 2.63. The smallest absolute Gasteiger partial charge is 0.224 e. The number of amides is 1. The molecular formula is C19H23ClN2O2. The molecule has 2 rings (SSSR count).